The number of hydrogen-bond donors (Lipinski definition) is 2. The zero-order valence-electron chi connectivity index (χ0n) is 8.54. The highest BCUT2D eigenvalue weighted by atomic mass is 35.5. The number of hydrogen-bond acceptors (Lipinski definition) is 3. The molecule has 0 unspecified atom stereocenters. The van der Waals surface area contributed by atoms with E-state index in [4.69, 9.17) is 21.8 Å². The van der Waals surface area contributed by atoms with Crippen molar-refractivity contribution >= 4 is 28.9 Å². The van der Waals surface area contributed by atoms with Crippen LogP contribution in [0.15, 0.2) is 34.9 Å². The third kappa shape index (κ3) is 2.39. The molecule has 0 aliphatic heterocycles. The van der Waals surface area contributed by atoms with Gasteiger partial charge < -0.3 is 15.5 Å². The van der Waals surface area contributed by atoms with Gasteiger partial charge in [0.05, 0.1) is 17.5 Å². The standard InChI is InChI=1S/C11H8ClFN2O2/c12-10-7(3-4-17-10)11(16)15-9-5-6(14)1-2-8(9)13/h1-5H,14H2,(H,15,16). The second-order valence-electron chi connectivity index (χ2n) is 3.30. The first-order valence-electron chi connectivity index (χ1n) is 4.67. The maximum atomic E-state index is 13.3. The second-order valence-corrected chi connectivity index (χ2v) is 3.64. The lowest BCUT2D eigenvalue weighted by Gasteiger charge is -2.06. The van der Waals surface area contributed by atoms with Crippen molar-refractivity contribution in [3.05, 3.63) is 47.1 Å². The fourth-order valence-electron chi connectivity index (χ4n) is 1.28. The van der Waals surface area contributed by atoms with Gasteiger partial charge in [-0.2, -0.15) is 0 Å². The van der Waals surface area contributed by atoms with Crippen LogP contribution in [0.4, 0.5) is 15.8 Å². The van der Waals surface area contributed by atoms with E-state index in [1.165, 1.54) is 30.5 Å². The highest BCUT2D eigenvalue weighted by molar-refractivity contribution is 6.32. The van der Waals surface area contributed by atoms with E-state index < -0.39 is 11.7 Å². The predicted molar refractivity (Wildman–Crippen MR) is 62.5 cm³/mol. The third-order valence-electron chi connectivity index (χ3n) is 2.10. The predicted octanol–water partition coefficient (Wildman–Crippen LogP) is 2.91. The van der Waals surface area contributed by atoms with Gasteiger partial charge in [0.2, 0.25) is 5.22 Å². The van der Waals surface area contributed by atoms with Crippen LogP contribution in [-0.2, 0) is 0 Å². The Morgan fingerprint density at radius 2 is 2.18 bits per heavy atom. The van der Waals surface area contributed by atoms with Crippen LogP contribution in [0.3, 0.4) is 0 Å². The van der Waals surface area contributed by atoms with Gasteiger partial charge in [-0.1, -0.05) is 0 Å². The van der Waals surface area contributed by atoms with Crippen LogP contribution in [0, 0.1) is 5.82 Å². The summed E-state index contributed by atoms with van der Waals surface area (Å²) in [6, 6.07) is 5.28. The normalized spacial score (nSPS) is 10.2. The Balaban J connectivity index is 2.24. The van der Waals surface area contributed by atoms with Crippen molar-refractivity contribution in [2.45, 2.75) is 0 Å². The van der Waals surface area contributed by atoms with Gasteiger partial charge in [0.25, 0.3) is 5.91 Å². The Morgan fingerprint density at radius 1 is 1.41 bits per heavy atom. The van der Waals surface area contributed by atoms with Crippen molar-refractivity contribution in [1.82, 2.24) is 0 Å². The molecule has 1 aromatic heterocycles. The molecular formula is C11H8ClFN2O2. The molecule has 1 heterocycles. The van der Waals surface area contributed by atoms with Crippen LogP contribution >= 0.6 is 11.6 Å². The molecule has 0 saturated carbocycles. The largest absolute Gasteiger partial charge is 0.452 e. The maximum Gasteiger partial charge on any atom is 0.260 e. The van der Waals surface area contributed by atoms with Crippen molar-refractivity contribution in [1.29, 1.82) is 0 Å². The van der Waals surface area contributed by atoms with E-state index in [-0.39, 0.29) is 16.5 Å². The first-order chi connectivity index (χ1) is 8.08. The summed E-state index contributed by atoms with van der Waals surface area (Å²) >= 11 is 5.63. The smallest absolute Gasteiger partial charge is 0.260 e. The molecule has 0 bridgehead atoms. The van der Waals surface area contributed by atoms with Crippen LogP contribution < -0.4 is 11.1 Å². The Kier molecular flexibility index (Phi) is 3.01. The fraction of sp³-hybridized carbons (Fsp3) is 0. The quantitative estimate of drug-likeness (QED) is 0.810. The topological polar surface area (TPSA) is 68.3 Å². The number of amides is 1. The van der Waals surface area contributed by atoms with E-state index in [0.717, 1.165) is 0 Å². The SMILES string of the molecule is Nc1ccc(F)c(NC(=O)c2ccoc2Cl)c1. The van der Waals surface area contributed by atoms with Crippen LogP contribution in [-0.4, -0.2) is 5.91 Å². The number of halogens is 2. The third-order valence-corrected chi connectivity index (χ3v) is 2.39. The molecule has 2 aromatic rings. The van der Waals surface area contributed by atoms with E-state index in [1.807, 2.05) is 0 Å². The molecule has 0 saturated heterocycles. The molecule has 3 N–H and O–H groups in total. The number of carbonyl (C=O) groups is 1. The van der Waals surface area contributed by atoms with Gasteiger partial charge in [-0.05, 0) is 35.9 Å². The summed E-state index contributed by atoms with van der Waals surface area (Å²) in [5.74, 6) is -1.14. The molecule has 6 heteroatoms. The van der Waals surface area contributed by atoms with Gasteiger partial charge in [0.15, 0.2) is 0 Å². The molecule has 88 valence electrons. The zero-order valence-corrected chi connectivity index (χ0v) is 9.29. The van der Waals surface area contributed by atoms with Gasteiger partial charge >= 0.3 is 0 Å². The highest BCUT2D eigenvalue weighted by Gasteiger charge is 2.14. The molecule has 17 heavy (non-hydrogen) atoms. The second kappa shape index (κ2) is 4.47. The summed E-state index contributed by atoms with van der Waals surface area (Å²) in [6.45, 7) is 0. The lowest BCUT2D eigenvalue weighted by Crippen LogP contribution is -2.12. The molecule has 0 spiro atoms. The minimum atomic E-state index is -0.577. The van der Waals surface area contributed by atoms with Gasteiger partial charge in [-0.15, -0.1) is 0 Å². The minimum Gasteiger partial charge on any atom is -0.452 e. The van der Waals surface area contributed by atoms with Crippen LogP contribution in [0.25, 0.3) is 0 Å². The summed E-state index contributed by atoms with van der Waals surface area (Å²) in [7, 11) is 0. The van der Waals surface area contributed by atoms with Crippen LogP contribution in [0.2, 0.25) is 5.22 Å². The fourth-order valence-corrected chi connectivity index (χ4v) is 1.48. The molecule has 0 atom stereocenters. The van der Waals surface area contributed by atoms with E-state index in [2.05, 4.69) is 5.32 Å². The summed E-state index contributed by atoms with van der Waals surface area (Å²) < 4.78 is 18.1. The molecule has 1 aromatic carbocycles. The van der Waals surface area contributed by atoms with Crippen molar-refractivity contribution in [2.75, 3.05) is 11.1 Å². The Morgan fingerprint density at radius 3 is 2.82 bits per heavy atom. The number of nitrogens with two attached hydrogens (primary N) is 1. The van der Waals surface area contributed by atoms with Gasteiger partial charge in [0.1, 0.15) is 5.82 Å². The highest BCUT2D eigenvalue weighted by Crippen LogP contribution is 2.21. The Bertz CT molecular complexity index is 568. The van der Waals surface area contributed by atoms with Gasteiger partial charge in [-0.25, -0.2) is 4.39 Å². The molecular weight excluding hydrogens is 247 g/mol. The molecule has 0 aliphatic carbocycles. The summed E-state index contributed by atoms with van der Waals surface area (Å²) in [4.78, 5) is 11.7. The molecule has 4 nitrogen and oxygen atoms in total. The number of nitrogens with one attached hydrogen (secondary N) is 1. The average molecular weight is 255 g/mol. The number of benzene rings is 1. The molecule has 0 fully saturated rings. The van der Waals surface area contributed by atoms with E-state index >= 15 is 0 Å². The molecule has 2 rings (SSSR count). The number of carbonyl (C=O) groups excluding carboxylic acids is 1. The van der Waals surface area contributed by atoms with Crippen molar-refractivity contribution in [3.8, 4) is 0 Å². The maximum absolute atomic E-state index is 13.3. The van der Waals surface area contributed by atoms with Crippen molar-refractivity contribution in [3.63, 3.8) is 0 Å². The average Bonchev–Trinajstić information content (AvgIpc) is 2.70. The monoisotopic (exact) mass is 254 g/mol. The minimum absolute atomic E-state index is 0.00716. The number of anilines is 2. The molecule has 1 amide bonds. The van der Waals surface area contributed by atoms with Gasteiger partial charge in [0, 0.05) is 5.69 Å². The van der Waals surface area contributed by atoms with Crippen molar-refractivity contribution < 1.29 is 13.6 Å². The number of rotatable bonds is 2. The first-order valence-corrected chi connectivity index (χ1v) is 5.05. The Labute approximate surface area is 101 Å². The van der Waals surface area contributed by atoms with Crippen LogP contribution in [0.5, 0.6) is 0 Å². The number of furan rings is 1. The summed E-state index contributed by atoms with van der Waals surface area (Å²) in [5.41, 5.74) is 5.96. The first kappa shape index (κ1) is 11.5. The Hall–Kier alpha value is -2.01. The summed E-state index contributed by atoms with van der Waals surface area (Å²) in [6.07, 6.45) is 1.27. The molecule has 0 aliphatic rings. The molecule has 0 radical (unpaired) electrons. The number of nitrogen functional groups attached to an aromatic ring is 1. The van der Waals surface area contributed by atoms with E-state index in [9.17, 15) is 9.18 Å². The lowest BCUT2D eigenvalue weighted by molar-refractivity contribution is 0.102. The zero-order chi connectivity index (χ0) is 12.4. The van der Waals surface area contributed by atoms with E-state index in [1.54, 1.807) is 0 Å². The van der Waals surface area contributed by atoms with Crippen LogP contribution in [0.1, 0.15) is 10.4 Å². The van der Waals surface area contributed by atoms with E-state index in [0.29, 0.717) is 5.69 Å². The van der Waals surface area contributed by atoms with Gasteiger partial charge in [-0.3, -0.25) is 4.79 Å². The lowest BCUT2D eigenvalue weighted by atomic mass is 10.2. The summed E-state index contributed by atoms with van der Waals surface area (Å²) in [5, 5.41) is 2.31. The van der Waals surface area contributed by atoms with Crippen molar-refractivity contribution in [2.24, 2.45) is 0 Å².